The van der Waals surface area contributed by atoms with Gasteiger partial charge in [0.05, 0.1) is 11.1 Å². The van der Waals surface area contributed by atoms with E-state index in [4.69, 9.17) is 9.47 Å². The number of carbonyl (C=O) groups excluding carboxylic acids is 4. The molecule has 8 heteroatoms. The fraction of sp³-hybridized carbons (Fsp3) is 0.545. The molecule has 0 aromatic heterocycles. The minimum Gasteiger partial charge on any atom is -0.452 e. The Balaban J connectivity index is 2.49. The average Bonchev–Trinajstić information content (AvgIpc) is 2.77. The first-order chi connectivity index (χ1) is 14.3. The van der Waals surface area contributed by atoms with Crippen LogP contribution in [0.25, 0.3) is 0 Å². The van der Waals surface area contributed by atoms with Crippen LogP contribution in [0.2, 0.25) is 0 Å². The quantitative estimate of drug-likeness (QED) is 0.503. The minimum absolute atomic E-state index is 0.0541. The molecule has 0 aliphatic carbocycles. The highest BCUT2D eigenvalue weighted by atomic mass is 16.5. The van der Waals surface area contributed by atoms with Crippen LogP contribution < -0.4 is 10.6 Å². The molecule has 0 atom stereocenters. The van der Waals surface area contributed by atoms with E-state index >= 15 is 0 Å². The first-order valence-corrected chi connectivity index (χ1v) is 10.4. The van der Waals surface area contributed by atoms with Crippen LogP contribution in [0.15, 0.2) is 24.3 Å². The zero-order valence-electron chi connectivity index (χ0n) is 18.2. The van der Waals surface area contributed by atoms with Gasteiger partial charge in [-0.15, -0.1) is 0 Å². The Morgan fingerprint density at radius 1 is 0.667 bits per heavy atom. The number of hydrogen-bond acceptors (Lipinski definition) is 6. The number of hydrogen-bond donors (Lipinski definition) is 2. The maximum atomic E-state index is 12.1. The molecule has 0 bridgehead atoms. The molecular weight excluding hydrogens is 388 g/mol. The molecule has 0 radical (unpaired) electrons. The van der Waals surface area contributed by atoms with E-state index in [0.29, 0.717) is 0 Å². The van der Waals surface area contributed by atoms with E-state index < -0.39 is 11.9 Å². The second kappa shape index (κ2) is 13.3. The fourth-order valence-electron chi connectivity index (χ4n) is 2.70. The van der Waals surface area contributed by atoms with Crippen LogP contribution in [-0.2, 0) is 19.1 Å². The van der Waals surface area contributed by atoms with E-state index in [2.05, 4.69) is 10.6 Å². The number of nitrogens with one attached hydrogen (secondary N) is 2. The molecule has 8 nitrogen and oxygen atoms in total. The van der Waals surface area contributed by atoms with E-state index in [1.54, 1.807) is 0 Å². The summed E-state index contributed by atoms with van der Waals surface area (Å²) in [4.78, 5) is 47.7. The smallest absolute Gasteiger partial charge is 0.338 e. The predicted molar refractivity (Wildman–Crippen MR) is 112 cm³/mol. The van der Waals surface area contributed by atoms with Crippen LogP contribution in [0.5, 0.6) is 0 Å². The van der Waals surface area contributed by atoms with Crippen molar-refractivity contribution in [3.8, 4) is 0 Å². The zero-order chi connectivity index (χ0) is 22.5. The molecule has 166 valence electrons. The van der Waals surface area contributed by atoms with Crippen molar-refractivity contribution in [1.29, 1.82) is 0 Å². The Morgan fingerprint density at radius 3 is 1.23 bits per heavy atom. The van der Waals surface area contributed by atoms with Gasteiger partial charge in [-0.25, -0.2) is 9.59 Å². The second-order valence-electron chi connectivity index (χ2n) is 6.89. The van der Waals surface area contributed by atoms with Gasteiger partial charge in [0.1, 0.15) is 0 Å². The van der Waals surface area contributed by atoms with Crippen molar-refractivity contribution in [2.45, 2.75) is 65.5 Å². The number of carbonyl (C=O) groups is 4. The Bertz CT molecular complexity index is 648. The summed E-state index contributed by atoms with van der Waals surface area (Å²) in [5.41, 5.74) is 0.404. The SMILES string of the molecule is CCC(CC)NC(=O)COC(=O)c1ccc(C(=O)OCC(=O)NC(CC)CC)cc1. The fourth-order valence-corrected chi connectivity index (χ4v) is 2.70. The molecule has 0 spiro atoms. The number of rotatable bonds is 12. The molecule has 0 unspecified atom stereocenters. The summed E-state index contributed by atoms with van der Waals surface area (Å²) in [5.74, 6) is -2.05. The van der Waals surface area contributed by atoms with E-state index in [1.807, 2.05) is 27.7 Å². The van der Waals surface area contributed by atoms with Gasteiger partial charge in [0.2, 0.25) is 0 Å². The molecule has 0 heterocycles. The molecule has 0 aliphatic rings. The van der Waals surface area contributed by atoms with Gasteiger partial charge in [-0.05, 0) is 49.9 Å². The molecule has 0 saturated heterocycles. The van der Waals surface area contributed by atoms with Crippen LogP contribution in [0.1, 0.15) is 74.1 Å². The third-order valence-electron chi connectivity index (χ3n) is 4.73. The Labute approximate surface area is 177 Å². The van der Waals surface area contributed by atoms with Gasteiger partial charge in [0, 0.05) is 12.1 Å². The van der Waals surface area contributed by atoms with Crippen LogP contribution in [0, 0.1) is 0 Å². The molecular formula is C22H32N2O6. The highest BCUT2D eigenvalue weighted by Gasteiger charge is 2.15. The van der Waals surface area contributed by atoms with Crippen molar-refractivity contribution in [3.05, 3.63) is 35.4 Å². The van der Waals surface area contributed by atoms with Gasteiger partial charge < -0.3 is 20.1 Å². The van der Waals surface area contributed by atoms with Crippen LogP contribution in [0.4, 0.5) is 0 Å². The lowest BCUT2D eigenvalue weighted by Crippen LogP contribution is -2.37. The monoisotopic (exact) mass is 420 g/mol. The molecule has 1 aromatic rings. The normalized spacial score (nSPS) is 10.6. The van der Waals surface area contributed by atoms with E-state index in [1.165, 1.54) is 24.3 Å². The summed E-state index contributed by atoms with van der Waals surface area (Å²) in [6.45, 7) is 7.12. The van der Waals surface area contributed by atoms with Crippen molar-refractivity contribution in [1.82, 2.24) is 10.6 Å². The zero-order valence-corrected chi connectivity index (χ0v) is 18.2. The minimum atomic E-state index is -0.667. The molecule has 1 rings (SSSR count). The standard InChI is InChI=1S/C22H32N2O6/c1-5-17(6-2)23-19(25)13-29-21(27)15-9-11-16(12-10-15)22(28)30-14-20(26)24-18(7-3)8-4/h9-12,17-18H,5-8,13-14H2,1-4H3,(H,23,25)(H,24,26). The molecule has 1 aromatic carbocycles. The highest BCUT2D eigenvalue weighted by molar-refractivity contribution is 5.94. The summed E-state index contributed by atoms with van der Waals surface area (Å²) in [6.07, 6.45) is 3.20. The Hall–Kier alpha value is -2.90. The maximum absolute atomic E-state index is 12.1. The third kappa shape index (κ3) is 8.63. The predicted octanol–water partition coefficient (Wildman–Crippen LogP) is 2.61. The maximum Gasteiger partial charge on any atom is 0.338 e. The highest BCUT2D eigenvalue weighted by Crippen LogP contribution is 2.08. The van der Waals surface area contributed by atoms with Crippen molar-refractivity contribution >= 4 is 23.8 Å². The summed E-state index contributed by atoms with van der Waals surface area (Å²) < 4.78 is 9.99. The topological polar surface area (TPSA) is 111 Å². The van der Waals surface area contributed by atoms with Crippen molar-refractivity contribution < 1.29 is 28.7 Å². The van der Waals surface area contributed by atoms with Gasteiger partial charge in [-0.2, -0.15) is 0 Å². The van der Waals surface area contributed by atoms with E-state index in [-0.39, 0.29) is 48.2 Å². The summed E-state index contributed by atoms with van der Waals surface area (Å²) in [7, 11) is 0. The van der Waals surface area contributed by atoms with E-state index in [0.717, 1.165) is 25.7 Å². The van der Waals surface area contributed by atoms with Gasteiger partial charge in [-0.3, -0.25) is 9.59 Å². The van der Waals surface area contributed by atoms with Gasteiger partial charge in [-0.1, -0.05) is 27.7 Å². The second-order valence-corrected chi connectivity index (χ2v) is 6.89. The molecule has 2 N–H and O–H groups in total. The third-order valence-corrected chi connectivity index (χ3v) is 4.73. The largest absolute Gasteiger partial charge is 0.452 e. The molecule has 2 amide bonds. The lowest BCUT2D eigenvalue weighted by atomic mass is 10.1. The summed E-state index contributed by atoms with van der Waals surface area (Å²) in [6, 6.07) is 5.73. The van der Waals surface area contributed by atoms with Crippen molar-refractivity contribution in [2.24, 2.45) is 0 Å². The summed E-state index contributed by atoms with van der Waals surface area (Å²) >= 11 is 0. The van der Waals surface area contributed by atoms with Crippen LogP contribution in [0.3, 0.4) is 0 Å². The number of amides is 2. The first kappa shape index (κ1) is 25.1. The van der Waals surface area contributed by atoms with Gasteiger partial charge in [0.15, 0.2) is 13.2 Å². The Kier molecular flexibility index (Phi) is 11.2. The van der Waals surface area contributed by atoms with Crippen molar-refractivity contribution in [2.75, 3.05) is 13.2 Å². The number of benzene rings is 1. The molecule has 0 fully saturated rings. The lowest BCUT2D eigenvalue weighted by Gasteiger charge is -2.14. The molecule has 0 saturated carbocycles. The van der Waals surface area contributed by atoms with Gasteiger partial charge >= 0.3 is 11.9 Å². The summed E-state index contributed by atoms with van der Waals surface area (Å²) in [5, 5.41) is 5.56. The van der Waals surface area contributed by atoms with Crippen LogP contribution in [-0.4, -0.2) is 49.1 Å². The Morgan fingerprint density at radius 2 is 0.967 bits per heavy atom. The lowest BCUT2D eigenvalue weighted by molar-refractivity contribution is -0.125. The van der Waals surface area contributed by atoms with Crippen LogP contribution >= 0.6 is 0 Å². The number of esters is 2. The van der Waals surface area contributed by atoms with Gasteiger partial charge in [0.25, 0.3) is 11.8 Å². The average molecular weight is 421 g/mol. The number of ether oxygens (including phenoxy) is 2. The molecule has 0 aliphatic heterocycles. The molecule has 30 heavy (non-hydrogen) atoms. The van der Waals surface area contributed by atoms with Crippen molar-refractivity contribution in [3.63, 3.8) is 0 Å². The van der Waals surface area contributed by atoms with E-state index in [9.17, 15) is 19.2 Å². The first-order valence-electron chi connectivity index (χ1n) is 10.4.